The van der Waals surface area contributed by atoms with Crippen LogP contribution in [0.4, 0.5) is 4.39 Å². The SMILES string of the molecule is O=C(c1ccc(F)cc1)c1csc(-c2ccccc2)c1. The van der Waals surface area contributed by atoms with E-state index in [2.05, 4.69) is 0 Å². The molecule has 0 atom stereocenters. The minimum atomic E-state index is -0.336. The Labute approximate surface area is 120 Å². The zero-order valence-corrected chi connectivity index (χ0v) is 11.4. The first kappa shape index (κ1) is 12.8. The molecule has 0 aliphatic rings. The smallest absolute Gasteiger partial charge is 0.193 e. The average Bonchev–Trinajstić information content (AvgIpc) is 2.98. The molecule has 0 aliphatic heterocycles. The molecule has 0 spiro atoms. The van der Waals surface area contributed by atoms with E-state index >= 15 is 0 Å². The van der Waals surface area contributed by atoms with Crippen molar-refractivity contribution in [2.45, 2.75) is 0 Å². The molecule has 98 valence electrons. The van der Waals surface area contributed by atoms with Gasteiger partial charge in [0.1, 0.15) is 5.82 Å². The Hall–Kier alpha value is -2.26. The lowest BCUT2D eigenvalue weighted by molar-refractivity contribution is 0.103. The molecule has 0 fully saturated rings. The summed E-state index contributed by atoms with van der Waals surface area (Å²) in [6, 6.07) is 17.4. The molecule has 0 unspecified atom stereocenters. The molecule has 0 amide bonds. The van der Waals surface area contributed by atoms with Crippen molar-refractivity contribution in [2.75, 3.05) is 0 Å². The molecule has 0 saturated carbocycles. The minimum absolute atomic E-state index is 0.0802. The van der Waals surface area contributed by atoms with Gasteiger partial charge in [-0.1, -0.05) is 30.3 Å². The van der Waals surface area contributed by atoms with Gasteiger partial charge in [0.05, 0.1) is 0 Å². The summed E-state index contributed by atoms with van der Waals surface area (Å²) in [5, 5.41) is 1.84. The number of hydrogen-bond donors (Lipinski definition) is 0. The van der Waals surface area contributed by atoms with Crippen molar-refractivity contribution in [3.63, 3.8) is 0 Å². The standard InChI is InChI=1S/C17H11FOS/c18-15-8-6-13(7-9-15)17(19)14-10-16(20-11-14)12-4-2-1-3-5-12/h1-11H. The Bertz CT molecular complexity index is 729. The molecule has 1 nitrogen and oxygen atoms in total. The fraction of sp³-hybridized carbons (Fsp3) is 0. The maximum atomic E-state index is 12.9. The van der Waals surface area contributed by atoms with Gasteiger partial charge in [-0.05, 0) is 35.9 Å². The van der Waals surface area contributed by atoms with Gasteiger partial charge in [0.25, 0.3) is 0 Å². The van der Waals surface area contributed by atoms with Crippen LogP contribution < -0.4 is 0 Å². The molecule has 0 radical (unpaired) electrons. The van der Waals surface area contributed by atoms with E-state index in [1.807, 2.05) is 41.8 Å². The predicted molar refractivity (Wildman–Crippen MR) is 79.6 cm³/mol. The normalized spacial score (nSPS) is 10.4. The Morgan fingerprint density at radius 3 is 2.30 bits per heavy atom. The quantitative estimate of drug-likeness (QED) is 0.631. The Morgan fingerprint density at radius 1 is 0.900 bits per heavy atom. The van der Waals surface area contributed by atoms with Gasteiger partial charge in [-0.3, -0.25) is 4.79 Å². The van der Waals surface area contributed by atoms with Gasteiger partial charge in [0.15, 0.2) is 5.78 Å². The highest BCUT2D eigenvalue weighted by Crippen LogP contribution is 2.28. The topological polar surface area (TPSA) is 17.1 Å². The number of carbonyl (C=O) groups excluding carboxylic acids is 1. The predicted octanol–water partition coefficient (Wildman–Crippen LogP) is 4.79. The van der Waals surface area contributed by atoms with Crippen molar-refractivity contribution in [3.8, 4) is 10.4 Å². The molecular formula is C17H11FOS. The molecule has 3 aromatic rings. The lowest BCUT2D eigenvalue weighted by atomic mass is 10.1. The fourth-order valence-electron chi connectivity index (χ4n) is 1.98. The van der Waals surface area contributed by atoms with Crippen LogP contribution in [0.1, 0.15) is 15.9 Å². The molecule has 0 bridgehead atoms. The number of rotatable bonds is 3. The highest BCUT2D eigenvalue weighted by molar-refractivity contribution is 7.13. The summed E-state index contributed by atoms with van der Waals surface area (Å²) in [4.78, 5) is 13.3. The van der Waals surface area contributed by atoms with Gasteiger partial charge in [-0.2, -0.15) is 0 Å². The van der Waals surface area contributed by atoms with Crippen LogP contribution >= 0.6 is 11.3 Å². The molecule has 0 saturated heterocycles. The first-order valence-corrected chi connectivity index (χ1v) is 7.06. The van der Waals surface area contributed by atoms with Crippen molar-refractivity contribution in [3.05, 3.63) is 83.0 Å². The van der Waals surface area contributed by atoms with Gasteiger partial charge in [-0.25, -0.2) is 4.39 Å². The van der Waals surface area contributed by atoms with Crippen molar-refractivity contribution >= 4 is 17.1 Å². The van der Waals surface area contributed by atoms with Crippen molar-refractivity contribution in [1.29, 1.82) is 0 Å². The van der Waals surface area contributed by atoms with Crippen molar-refractivity contribution in [2.24, 2.45) is 0 Å². The molecule has 0 aliphatic carbocycles. The summed E-state index contributed by atoms with van der Waals surface area (Å²) in [6.07, 6.45) is 0. The van der Waals surface area contributed by atoms with E-state index in [4.69, 9.17) is 0 Å². The second-order valence-electron chi connectivity index (χ2n) is 4.40. The Kier molecular flexibility index (Phi) is 3.44. The van der Waals surface area contributed by atoms with Gasteiger partial charge in [0, 0.05) is 21.4 Å². The largest absolute Gasteiger partial charge is 0.289 e. The summed E-state index contributed by atoms with van der Waals surface area (Å²) in [5.41, 5.74) is 2.24. The van der Waals surface area contributed by atoms with Gasteiger partial charge < -0.3 is 0 Å². The van der Waals surface area contributed by atoms with Crippen molar-refractivity contribution in [1.82, 2.24) is 0 Å². The highest BCUT2D eigenvalue weighted by atomic mass is 32.1. The van der Waals surface area contributed by atoms with Crippen LogP contribution in [0, 0.1) is 5.82 Å². The molecule has 20 heavy (non-hydrogen) atoms. The van der Waals surface area contributed by atoms with E-state index < -0.39 is 0 Å². The first-order valence-electron chi connectivity index (χ1n) is 6.18. The first-order chi connectivity index (χ1) is 9.74. The number of benzene rings is 2. The minimum Gasteiger partial charge on any atom is -0.289 e. The number of ketones is 1. The van der Waals surface area contributed by atoms with Crippen LogP contribution in [-0.2, 0) is 0 Å². The highest BCUT2D eigenvalue weighted by Gasteiger charge is 2.12. The third-order valence-corrected chi connectivity index (χ3v) is 4.01. The molecule has 0 N–H and O–H groups in total. The molecule has 1 heterocycles. The fourth-order valence-corrected chi connectivity index (χ4v) is 2.87. The average molecular weight is 282 g/mol. The van der Waals surface area contributed by atoms with Crippen LogP contribution in [0.15, 0.2) is 66.0 Å². The van der Waals surface area contributed by atoms with Crippen LogP contribution in [0.5, 0.6) is 0 Å². The van der Waals surface area contributed by atoms with E-state index in [9.17, 15) is 9.18 Å². The number of hydrogen-bond acceptors (Lipinski definition) is 2. The van der Waals surface area contributed by atoms with E-state index in [-0.39, 0.29) is 11.6 Å². The van der Waals surface area contributed by atoms with Gasteiger partial charge in [-0.15, -0.1) is 11.3 Å². The summed E-state index contributed by atoms with van der Waals surface area (Å²) < 4.78 is 12.9. The molecule has 2 aromatic carbocycles. The third-order valence-electron chi connectivity index (χ3n) is 3.03. The summed E-state index contributed by atoms with van der Waals surface area (Å²) in [5.74, 6) is -0.416. The van der Waals surface area contributed by atoms with Crippen LogP contribution in [0.25, 0.3) is 10.4 Å². The van der Waals surface area contributed by atoms with E-state index in [1.165, 1.54) is 35.6 Å². The molecule has 1 aromatic heterocycles. The van der Waals surface area contributed by atoms with E-state index in [1.54, 1.807) is 0 Å². The van der Waals surface area contributed by atoms with E-state index in [0.717, 1.165) is 10.4 Å². The van der Waals surface area contributed by atoms with Crippen molar-refractivity contribution < 1.29 is 9.18 Å². The number of halogens is 1. The second kappa shape index (κ2) is 5.39. The van der Waals surface area contributed by atoms with Gasteiger partial charge >= 0.3 is 0 Å². The van der Waals surface area contributed by atoms with Crippen LogP contribution in [0.3, 0.4) is 0 Å². The number of thiophene rings is 1. The maximum Gasteiger partial charge on any atom is 0.193 e. The van der Waals surface area contributed by atoms with Gasteiger partial charge in [0.2, 0.25) is 0 Å². The van der Waals surface area contributed by atoms with Crippen LogP contribution in [-0.4, -0.2) is 5.78 Å². The Balaban J connectivity index is 1.90. The third kappa shape index (κ3) is 2.53. The van der Waals surface area contributed by atoms with E-state index in [0.29, 0.717) is 11.1 Å². The summed E-state index contributed by atoms with van der Waals surface area (Å²) >= 11 is 1.53. The monoisotopic (exact) mass is 282 g/mol. The lowest BCUT2D eigenvalue weighted by Crippen LogP contribution is -1.99. The summed E-state index contributed by atoms with van der Waals surface area (Å²) in [7, 11) is 0. The summed E-state index contributed by atoms with van der Waals surface area (Å²) in [6.45, 7) is 0. The Morgan fingerprint density at radius 2 is 1.60 bits per heavy atom. The zero-order chi connectivity index (χ0) is 13.9. The number of carbonyl (C=O) groups is 1. The maximum absolute atomic E-state index is 12.9. The molecule has 3 rings (SSSR count). The van der Waals surface area contributed by atoms with Crippen LogP contribution in [0.2, 0.25) is 0 Å². The zero-order valence-electron chi connectivity index (χ0n) is 10.5. The molecular weight excluding hydrogens is 271 g/mol. The lowest BCUT2D eigenvalue weighted by Gasteiger charge is -1.98. The second-order valence-corrected chi connectivity index (χ2v) is 5.31. The molecule has 3 heteroatoms.